The maximum atomic E-state index is 11.0. The van der Waals surface area contributed by atoms with Gasteiger partial charge in [0.05, 0.1) is 0 Å². The van der Waals surface area contributed by atoms with Crippen molar-refractivity contribution in [2.75, 3.05) is 13.1 Å². The SMILES string of the molecule is CCCCNOS(=O)(=O)ONCCCC. The van der Waals surface area contributed by atoms with Crippen molar-refractivity contribution in [2.24, 2.45) is 0 Å². The summed E-state index contributed by atoms with van der Waals surface area (Å²) in [6.45, 7) is 4.96. The first-order valence-corrected chi connectivity index (χ1v) is 6.53. The van der Waals surface area contributed by atoms with Gasteiger partial charge in [0.1, 0.15) is 0 Å². The Morgan fingerprint density at radius 2 is 1.33 bits per heavy atom. The molecule has 0 aromatic rings. The summed E-state index contributed by atoms with van der Waals surface area (Å²) in [6.07, 6.45) is 3.62. The second kappa shape index (κ2) is 9.05. The van der Waals surface area contributed by atoms with Gasteiger partial charge in [-0.15, -0.1) is 0 Å². The van der Waals surface area contributed by atoms with Gasteiger partial charge in [-0.1, -0.05) is 26.7 Å². The van der Waals surface area contributed by atoms with Crippen molar-refractivity contribution in [3.63, 3.8) is 0 Å². The second-order valence-electron chi connectivity index (χ2n) is 3.07. The summed E-state index contributed by atoms with van der Waals surface area (Å²) in [5.41, 5.74) is 4.63. The lowest BCUT2D eigenvalue weighted by Crippen LogP contribution is -2.28. The first-order valence-electron chi connectivity index (χ1n) is 5.20. The molecule has 0 aliphatic carbocycles. The third kappa shape index (κ3) is 10.1. The van der Waals surface area contributed by atoms with E-state index in [1.54, 1.807) is 0 Å². The van der Waals surface area contributed by atoms with Gasteiger partial charge in [-0.25, -0.2) is 0 Å². The van der Waals surface area contributed by atoms with Crippen molar-refractivity contribution in [3.8, 4) is 0 Å². The lowest BCUT2D eigenvalue weighted by Gasteiger charge is -2.06. The Morgan fingerprint density at radius 3 is 1.67 bits per heavy atom. The average Bonchev–Trinajstić information content (AvgIpc) is 2.20. The molecule has 0 aliphatic rings. The van der Waals surface area contributed by atoms with E-state index in [0.717, 1.165) is 25.7 Å². The van der Waals surface area contributed by atoms with Crippen LogP contribution in [0.4, 0.5) is 0 Å². The third-order valence-corrected chi connectivity index (χ3v) is 2.23. The van der Waals surface area contributed by atoms with Crippen LogP contribution in [0, 0.1) is 0 Å². The summed E-state index contributed by atoms with van der Waals surface area (Å²) in [7, 11) is -3.96. The number of hydrogen-bond donors (Lipinski definition) is 2. The molecule has 0 aromatic heterocycles. The molecule has 0 amide bonds. The van der Waals surface area contributed by atoms with Gasteiger partial charge in [0.2, 0.25) is 0 Å². The normalized spacial score (nSPS) is 11.9. The zero-order valence-corrected chi connectivity index (χ0v) is 10.1. The van der Waals surface area contributed by atoms with Crippen molar-refractivity contribution >= 4 is 10.4 Å². The van der Waals surface area contributed by atoms with Crippen LogP contribution in [0.2, 0.25) is 0 Å². The van der Waals surface area contributed by atoms with Crippen LogP contribution in [-0.4, -0.2) is 21.5 Å². The highest BCUT2D eigenvalue weighted by molar-refractivity contribution is 7.81. The molecule has 7 heteroatoms. The molecule has 0 saturated carbocycles. The Labute approximate surface area is 91.6 Å². The van der Waals surface area contributed by atoms with Crippen LogP contribution in [0.1, 0.15) is 39.5 Å². The molecule has 92 valence electrons. The molecule has 0 fully saturated rings. The van der Waals surface area contributed by atoms with E-state index in [0.29, 0.717) is 13.1 Å². The van der Waals surface area contributed by atoms with Crippen LogP contribution in [0.3, 0.4) is 0 Å². The molecule has 0 saturated heterocycles. The molecule has 2 N–H and O–H groups in total. The lowest BCUT2D eigenvalue weighted by atomic mass is 10.3. The second-order valence-corrected chi connectivity index (χ2v) is 4.22. The number of rotatable bonds is 10. The van der Waals surface area contributed by atoms with E-state index in [1.165, 1.54) is 0 Å². The molecule has 0 radical (unpaired) electrons. The lowest BCUT2D eigenvalue weighted by molar-refractivity contribution is 0.110. The highest BCUT2D eigenvalue weighted by Crippen LogP contribution is 1.92. The van der Waals surface area contributed by atoms with Gasteiger partial charge in [-0.2, -0.15) is 27.9 Å². The molecular weight excluding hydrogens is 220 g/mol. The van der Waals surface area contributed by atoms with Crippen LogP contribution in [-0.2, 0) is 19.0 Å². The van der Waals surface area contributed by atoms with Gasteiger partial charge in [-0.3, -0.25) is 0 Å². The van der Waals surface area contributed by atoms with Crippen molar-refractivity contribution in [2.45, 2.75) is 39.5 Å². The van der Waals surface area contributed by atoms with Crippen LogP contribution in [0.25, 0.3) is 0 Å². The topological polar surface area (TPSA) is 76.7 Å². The molecule has 0 heterocycles. The minimum Gasteiger partial charge on any atom is -0.182 e. The fourth-order valence-corrected chi connectivity index (χ4v) is 1.23. The summed E-state index contributed by atoms with van der Waals surface area (Å²) in [5, 5.41) is 0. The minimum absolute atomic E-state index is 0.480. The molecule has 15 heavy (non-hydrogen) atoms. The zero-order valence-electron chi connectivity index (χ0n) is 9.28. The summed E-state index contributed by atoms with van der Waals surface area (Å²) in [4.78, 5) is 0. The zero-order chi connectivity index (χ0) is 11.6. The third-order valence-electron chi connectivity index (χ3n) is 1.59. The Balaban J connectivity index is 3.50. The number of unbranched alkanes of at least 4 members (excludes halogenated alkanes) is 2. The van der Waals surface area contributed by atoms with E-state index >= 15 is 0 Å². The molecule has 0 rings (SSSR count). The highest BCUT2D eigenvalue weighted by Gasteiger charge is 2.11. The van der Waals surface area contributed by atoms with Gasteiger partial charge >= 0.3 is 10.4 Å². The minimum atomic E-state index is -3.96. The average molecular weight is 240 g/mol. The van der Waals surface area contributed by atoms with Gasteiger partial charge in [0.15, 0.2) is 0 Å². The maximum absolute atomic E-state index is 11.0. The fourth-order valence-electron chi connectivity index (χ4n) is 0.743. The van der Waals surface area contributed by atoms with Crippen molar-refractivity contribution in [1.29, 1.82) is 0 Å². The first-order chi connectivity index (χ1) is 7.12. The number of hydroxylamine groups is 2. The van der Waals surface area contributed by atoms with E-state index in [9.17, 15) is 8.42 Å². The maximum Gasteiger partial charge on any atom is 0.432 e. The van der Waals surface area contributed by atoms with E-state index < -0.39 is 10.4 Å². The van der Waals surface area contributed by atoms with Gasteiger partial charge in [0, 0.05) is 13.1 Å². The first kappa shape index (κ1) is 14.8. The Kier molecular flexibility index (Phi) is 8.92. The highest BCUT2D eigenvalue weighted by atomic mass is 32.3. The Hall–Kier alpha value is -0.210. The molecule has 0 aliphatic heterocycles. The standard InChI is InChI=1S/C8H20N2O4S/c1-3-5-7-9-13-15(11,12)14-10-8-6-4-2/h9-10H,3-8H2,1-2H3. The van der Waals surface area contributed by atoms with E-state index in [-0.39, 0.29) is 0 Å². The molecular formula is C8H20N2O4S. The predicted octanol–water partition coefficient (Wildman–Crippen LogP) is 0.874. The summed E-state index contributed by atoms with van der Waals surface area (Å²) in [6, 6.07) is 0. The number of nitrogens with one attached hydrogen (secondary N) is 2. The molecule has 0 spiro atoms. The Bertz CT molecular complexity index is 213. The van der Waals surface area contributed by atoms with Gasteiger partial charge in [0.25, 0.3) is 0 Å². The number of hydrogen-bond acceptors (Lipinski definition) is 6. The van der Waals surface area contributed by atoms with E-state index in [2.05, 4.69) is 19.5 Å². The molecule has 6 nitrogen and oxygen atoms in total. The smallest absolute Gasteiger partial charge is 0.182 e. The van der Waals surface area contributed by atoms with Crippen molar-refractivity contribution < 1.29 is 17.0 Å². The fraction of sp³-hybridized carbons (Fsp3) is 1.00. The van der Waals surface area contributed by atoms with Crippen molar-refractivity contribution in [1.82, 2.24) is 11.0 Å². The van der Waals surface area contributed by atoms with Crippen LogP contribution < -0.4 is 11.0 Å². The van der Waals surface area contributed by atoms with E-state index in [1.807, 2.05) is 13.8 Å². The largest absolute Gasteiger partial charge is 0.432 e. The van der Waals surface area contributed by atoms with Crippen LogP contribution in [0.5, 0.6) is 0 Å². The molecule has 0 bridgehead atoms. The van der Waals surface area contributed by atoms with Gasteiger partial charge < -0.3 is 0 Å². The molecule has 0 atom stereocenters. The Morgan fingerprint density at radius 1 is 0.933 bits per heavy atom. The van der Waals surface area contributed by atoms with Crippen LogP contribution >= 0.6 is 0 Å². The summed E-state index contributed by atoms with van der Waals surface area (Å²) in [5.74, 6) is 0. The summed E-state index contributed by atoms with van der Waals surface area (Å²) < 4.78 is 30.7. The van der Waals surface area contributed by atoms with E-state index in [4.69, 9.17) is 0 Å². The van der Waals surface area contributed by atoms with Crippen molar-refractivity contribution in [3.05, 3.63) is 0 Å². The molecule has 0 aromatic carbocycles. The monoisotopic (exact) mass is 240 g/mol. The summed E-state index contributed by atoms with van der Waals surface area (Å²) >= 11 is 0. The predicted molar refractivity (Wildman–Crippen MR) is 56.9 cm³/mol. The molecule has 0 unspecified atom stereocenters. The van der Waals surface area contributed by atoms with Gasteiger partial charge in [-0.05, 0) is 12.8 Å². The van der Waals surface area contributed by atoms with Crippen LogP contribution in [0.15, 0.2) is 0 Å². The quantitative estimate of drug-likeness (QED) is 0.436.